The second-order valence-corrected chi connectivity index (χ2v) is 10.8. The van der Waals surface area contributed by atoms with Crippen LogP contribution in [0.5, 0.6) is 0 Å². The maximum atomic E-state index is 10.6. The number of aliphatic hydroxyl groups excluding tert-OH is 2. The summed E-state index contributed by atoms with van der Waals surface area (Å²) in [6.07, 6.45) is 11.5. The van der Waals surface area contributed by atoms with Crippen LogP contribution in [0.4, 0.5) is 0 Å². The van der Waals surface area contributed by atoms with Gasteiger partial charge in [0.15, 0.2) is 0 Å². The summed E-state index contributed by atoms with van der Waals surface area (Å²) in [5.41, 5.74) is 0. The van der Waals surface area contributed by atoms with Crippen LogP contribution >= 0.6 is 34.5 Å². The molecule has 3 rings (SSSR count). The first-order valence-corrected chi connectivity index (χ1v) is 13.2. The van der Waals surface area contributed by atoms with Crippen LogP contribution in [-0.2, 0) is 11.2 Å². The van der Waals surface area contributed by atoms with Crippen molar-refractivity contribution in [1.82, 2.24) is 0 Å². The number of aryl methyl sites for hydroxylation is 1. The van der Waals surface area contributed by atoms with Gasteiger partial charge in [0, 0.05) is 32.7 Å². The van der Waals surface area contributed by atoms with Gasteiger partial charge in [0.25, 0.3) is 0 Å². The third-order valence-corrected chi connectivity index (χ3v) is 8.62. The Bertz CT molecular complexity index is 970. The minimum atomic E-state index is -0.780. The number of carboxylic acid groups (broad SMARTS) is 1. The van der Waals surface area contributed by atoms with Gasteiger partial charge in [0.1, 0.15) is 0 Å². The molecule has 5 atom stereocenters. The molecule has 4 nitrogen and oxygen atoms in total. The molecule has 3 N–H and O–H groups in total. The Morgan fingerprint density at radius 2 is 2.03 bits per heavy atom. The molecule has 7 heteroatoms. The Morgan fingerprint density at radius 1 is 1.24 bits per heavy atom. The molecule has 180 valence electrons. The van der Waals surface area contributed by atoms with Crippen LogP contribution in [0, 0.1) is 11.8 Å². The number of unbranched alkanes of at least 4 members (excludes halogenated alkanes) is 1. The summed E-state index contributed by atoms with van der Waals surface area (Å²) in [6.45, 7) is 0. The maximum absolute atomic E-state index is 10.6. The van der Waals surface area contributed by atoms with Gasteiger partial charge in [0.05, 0.1) is 17.2 Å². The number of benzene rings is 1. The Balaban J connectivity index is 1.55. The number of alkyl halides is 1. The largest absolute Gasteiger partial charge is 0.481 e. The molecule has 1 saturated carbocycles. The Morgan fingerprint density at radius 3 is 2.79 bits per heavy atom. The Labute approximate surface area is 209 Å². The van der Waals surface area contributed by atoms with E-state index >= 15 is 0 Å². The van der Waals surface area contributed by atoms with E-state index in [2.05, 4.69) is 6.07 Å². The zero-order chi connectivity index (χ0) is 23.8. The standard InChI is InChI=1S/C26H32Cl2O4S/c27-21-14-15-22(30)19(18(21)7-3-1-2-4-10-25(31)32)13-11-17(29)12-16-24-26(28)20-8-5-6-9-23(20)33-24/h1,3,5-6,8-9,11,13,17-19,21-22,29-30H,2,4,7,10,12,14-16H2,(H,31,32)/b3-1-,13-11+/t17?,18-,19-,21-,22-/m1/s1. The molecule has 0 amide bonds. The van der Waals surface area contributed by atoms with Gasteiger partial charge in [-0.05, 0) is 56.9 Å². The summed E-state index contributed by atoms with van der Waals surface area (Å²) in [5, 5.41) is 31.7. The molecule has 1 heterocycles. The van der Waals surface area contributed by atoms with Crippen molar-refractivity contribution in [2.45, 2.75) is 69.0 Å². The highest BCUT2D eigenvalue weighted by Crippen LogP contribution is 2.38. The van der Waals surface area contributed by atoms with E-state index in [0.29, 0.717) is 32.1 Å². The van der Waals surface area contributed by atoms with Crippen molar-refractivity contribution in [3.63, 3.8) is 0 Å². The molecule has 0 bridgehead atoms. The van der Waals surface area contributed by atoms with E-state index in [0.717, 1.165) is 32.8 Å². The van der Waals surface area contributed by atoms with Gasteiger partial charge in [-0.15, -0.1) is 22.9 Å². The molecular formula is C26H32Cl2O4S. The Hall–Kier alpha value is -1.37. The second kappa shape index (κ2) is 12.9. The van der Waals surface area contributed by atoms with Gasteiger partial charge in [-0.25, -0.2) is 0 Å². The first-order valence-electron chi connectivity index (χ1n) is 11.6. The van der Waals surface area contributed by atoms with Gasteiger partial charge in [-0.2, -0.15) is 0 Å². The van der Waals surface area contributed by atoms with Gasteiger partial charge < -0.3 is 15.3 Å². The van der Waals surface area contributed by atoms with Crippen LogP contribution in [0.2, 0.25) is 5.02 Å². The topological polar surface area (TPSA) is 77.8 Å². The summed E-state index contributed by atoms with van der Waals surface area (Å²) >= 11 is 14.8. The summed E-state index contributed by atoms with van der Waals surface area (Å²) in [6, 6.07) is 8.04. The van der Waals surface area contributed by atoms with Crippen molar-refractivity contribution in [1.29, 1.82) is 0 Å². The fraction of sp³-hybridized carbons (Fsp3) is 0.500. The number of halogens is 2. The molecular weight excluding hydrogens is 479 g/mol. The summed E-state index contributed by atoms with van der Waals surface area (Å²) < 4.78 is 1.15. The lowest BCUT2D eigenvalue weighted by Crippen LogP contribution is -2.37. The molecule has 2 aromatic rings. The number of allylic oxidation sites excluding steroid dienone is 2. The van der Waals surface area contributed by atoms with E-state index in [1.54, 1.807) is 17.4 Å². The summed E-state index contributed by atoms with van der Waals surface area (Å²) in [4.78, 5) is 11.7. The lowest BCUT2D eigenvalue weighted by atomic mass is 9.75. The molecule has 1 fully saturated rings. The minimum Gasteiger partial charge on any atom is -0.481 e. The SMILES string of the molecule is O=C(O)CCC/C=C\C[C@@H]1[C@@H](/C=C/C(O)CCc2sc3ccccc3c2Cl)[C@H](O)CC[C@H]1Cl. The van der Waals surface area contributed by atoms with E-state index in [1.807, 2.05) is 36.4 Å². The third kappa shape index (κ3) is 7.56. The number of fused-ring (bicyclic) bond motifs is 1. The number of aliphatic carboxylic acids is 1. The summed E-state index contributed by atoms with van der Waals surface area (Å²) in [7, 11) is 0. The number of rotatable bonds is 11. The molecule has 33 heavy (non-hydrogen) atoms. The monoisotopic (exact) mass is 510 g/mol. The highest BCUT2D eigenvalue weighted by atomic mass is 35.5. The number of hydrogen-bond donors (Lipinski definition) is 3. The van der Waals surface area contributed by atoms with Crippen molar-refractivity contribution in [2.75, 3.05) is 0 Å². The van der Waals surface area contributed by atoms with Crippen LogP contribution in [0.15, 0.2) is 48.6 Å². The molecule has 1 aromatic carbocycles. The average Bonchev–Trinajstić information content (AvgIpc) is 3.11. The average molecular weight is 512 g/mol. The number of carbonyl (C=O) groups is 1. The van der Waals surface area contributed by atoms with E-state index in [4.69, 9.17) is 28.3 Å². The van der Waals surface area contributed by atoms with Crippen molar-refractivity contribution in [2.24, 2.45) is 11.8 Å². The van der Waals surface area contributed by atoms with Crippen LogP contribution in [0.1, 0.15) is 49.8 Å². The molecule has 0 spiro atoms. The molecule has 1 aliphatic rings. The van der Waals surface area contributed by atoms with Crippen LogP contribution in [0.3, 0.4) is 0 Å². The smallest absolute Gasteiger partial charge is 0.303 e. The molecule has 0 saturated heterocycles. The van der Waals surface area contributed by atoms with Crippen molar-refractivity contribution in [3.05, 3.63) is 58.5 Å². The van der Waals surface area contributed by atoms with Crippen molar-refractivity contribution < 1.29 is 20.1 Å². The van der Waals surface area contributed by atoms with Gasteiger partial charge in [0.2, 0.25) is 0 Å². The van der Waals surface area contributed by atoms with Crippen LogP contribution in [0.25, 0.3) is 10.1 Å². The first-order chi connectivity index (χ1) is 15.9. The highest BCUT2D eigenvalue weighted by Gasteiger charge is 2.35. The lowest BCUT2D eigenvalue weighted by molar-refractivity contribution is -0.137. The molecule has 0 radical (unpaired) electrons. The number of carboxylic acids is 1. The van der Waals surface area contributed by atoms with E-state index < -0.39 is 18.2 Å². The zero-order valence-corrected chi connectivity index (χ0v) is 20.9. The number of hydrogen-bond acceptors (Lipinski definition) is 4. The fourth-order valence-corrected chi connectivity index (χ4v) is 6.38. The minimum absolute atomic E-state index is 0.0405. The van der Waals surface area contributed by atoms with Crippen molar-refractivity contribution in [3.8, 4) is 0 Å². The zero-order valence-electron chi connectivity index (χ0n) is 18.6. The van der Waals surface area contributed by atoms with E-state index in [1.165, 1.54) is 0 Å². The highest BCUT2D eigenvalue weighted by molar-refractivity contribution is 7.19. The van der Waals surface area contributed by atoms with Crippen LogP contribution in [-0.4, -0.2) is 38.9 Å². The van der Waals surface area contributed by atoms with Crippen molar-refractivity contribution >= 4 is 50.6 Å². The third-order valence-electron chi connectivity index (χ3n) is 6.30. The van der Waals surface area contributed by atoms with Gasteiger partial charge in [-0.3, -0.25) is 4.79 Å². The first kappa shape index (κ1) is 26.2. The second-order valence-electron chi connectivity index (χ2n) is 8.72. The lowest BCUT2D eigenvalue weighted by Gasteiger charge is -2.37. The Kier molecular flexibility index (Phi) is 10.3. The fourth-order valence-electron chi connectivity index (χ4n) is 4.44. The molecule has 0 aliphatic heterocycles. The number of aliphatic hydroxyl groups is 2. The van der Waals surface area contributed by atoms with Gasteiger partial charge >= 0.3 is 5.97 Å². The molecule has 1 unspecified atom stereocenters. The molecule has 1 aliphatic carbocycles. The summed E-state index contributed by atoms with van der Waals surface area (Å²) in [5.74, 6) is -0.822. The quantitative estimate of drug-likeness (QED) is 0.180. The van der Waals surface area contributed by atoms with E-state index in [9.17, 15) is 15.0 Å². The van der Waals surface area contributed by atoms with Gasteiger partial charge in [-0.1, -0.05) is 54.1 Å². The van der Waals surface area contributed by atoms with Crippen LogP contribution < -0.4 is 0 Å². The predicted molar refractivity (Wildman–Crippen MR) is 137 cm³/mol. The normalized spacial score (nSPS) is 24.7. The predicted octanol–water partition coefficient (Wildman–Crippen LogP) is 6.60. The number of thiophene rings is 1. The van der Waals surface area contributed by atoms with E-state index in [-0.39, 0.29) is 23.6 Å². The maximum Gasteiger partial charge on any atom is 0.303 e. The molecule has 1 aromatic heterocycles.